The number of rotatable bonds is 8. The number of hydrogen-bond acceptors (Lipinski definition) is 4. The van der Waals surface area contributed by atoms with Gasteiger partial charge >= 0.3 is 0 Å². The summed E-state index contributed by atoms with van der Waals surface area (Å²) in [5, 5.41) is 3.88. The molecular formula is C19H28F3N3OS. The normalized spacial score (nSPS) is 17.4. The van der Waals surface area contributed by atoms with E-state index in [1.807, 2.05) is 19.1 Å². The number of alkyl halides is 1. The Labute approximate surface area is 163 Å². The molecule has 2 rings (SSSR count). The number of likely N-dealkylation sites (tertiary alicyclic amines) is 1. The standard InChI is InChI=1S/C19H28FN3OS.F2/c1-3-21-19(16-9-7-15(12-20)8-10-16)25-14-18(24)22-13-17-6-5-11-23(17)4-2;1-2/h7-10,17H,3-6,11-14H2,1-2H3,(H,22,24);. The minimum atomic E-state index is -0.466. The van der Waals surface area contributed by atoms with Gasteiger partial charge in [-0.1, -0.05) is 43.0 Å². The van der Waals surface area contributed by atoms with Crippen LogP contribution in [0, 0.1) is 0 Å². The van der Waals surface area contributed by atoms with Crippen LogP contribution >= 0.6 is 11.8 Å². The Balaban J connectivity index is 0.00000176. The van der Waals surface area contributed by atoms with Gasteiger partial charge in [-0.05, 0) is 38.4 Å². The molecule has 1 aromatic rings. The molecule has 1 aromatic carbocycles. The van der Waals surface area contributed by atoms with Gasteiger partial charge in [0.1, 0.15) is 6.67 Å². The zero-order valence-corrected chi connectivity index (χ0v) is 16.7. The number of benzene rings is 1. The molecule has 8 heteroatoms. The summed E-state index contributed by atoms with van der Waals surface area (Å²) in [5.74, 6) is 0.389. The Morgan fingerprint density at radius 3 is 2.59 bits per heavy atom. The van der Waals surface area contributed by atoms with Crippen molar-refractivity contribution < 1.29 is 18.3 Å². The molecule has 27 heavy (non-hydrogen) atoms. The van der Waals surface area contributed by atoms with Crippen LogP contribution in [0.15, 0.2) is 29.3 Å². The molecule has 1 fully saturated rings. The van der Waals surface area contributed by atoms with Gasteiger partial charge in [0.05, 0.1) is 10.8 Å². The van der Waals surface area contributed by atoms with Crippen LogP contribution in [0.2, 0.25) is 0 Å². The molecule has 0 saturated carbocycles. The highest BCUT2D eigenvalue weighted by atomic mass is 32.2. The third kappa shape index (κ3) is 7.92. The number of amides is 1. The number of hydrogen-bond donors (Lipinski definition) is 1. The number of halogens is 3. The van der Waals surface area contributed by atoms with E-state index in [0.29, 0.717) is 23.9 Å². The molecule has 1 heterocycles. The van der Waals surface area contributed by atoms with E-state index in [9.17, 15) is 9.18 Å². The molecule has 4 nitrogen and oxygen atoms in total. The molecule has 0 aromatic heterocycles. The lowest BCUT2D eigenvalue weighted by atomic mass is 10.1. The zero-order chi connectivity index (χ0) is 20.1. The number of carbonyl (C=O) groups is 1. The summed E-state index contributed by atoms with van der Waals surface area (Å²) in [6, 6.07) is 7.73. The Bertz CT molecular complexity index is 584. The summed E-state index contributed by atoms with van der Waals surface area (Å²) in [5.41, 5.74) is 1.59. The van der Waals surface area contributed by atoms with Gasteiger partial charge in [-0.2, -0.15) is 0 Å². The first-order chi connectivity index (χ1) is 13.2. The van der Waals surface area contributed by atoms with Gasteiger partial charge in [0.15, 0.2) is 0 Å². The van der Waals surface area contributed by atoms with E-state index in [1.165, 1.54) is 18.2 Å². The topological polar surface area (TPSA) is 44.7 Å². The predicted octanol–water partition coefficient (Wildman–Crippen LogP) is 4.10. The summed E-state index contributed by atoms with van der Waals surface area (Å²) in [4.78, 5) is 19.1. The summed E-state index contributed by atoms with van der Waals surface area (Å²) < 4.78 is 28.6. The van der Waals surface area contributed by atoms with Crippen LogP contribution in [0.4, 0.5) is 13.5 Å². The lowest BCUT2D eigenvalue weighted by molar-refractivity contribution is -0.118. The summed E-state index contributed by atoms with van der Waals surface area (Å²) in [6.07, 6.45) is 2.37. The van der Waals surface area contributed by atoms with Gasteiger partial charge in [-0.3, -0.25) is 14.7 Å². The van der Waals surface area contributed by atoms with Gasteiger partial charge < -0.3 is 5.32 Å². The van der Waals surface area contributed by atoms with Crippen molar-refractivity contribution in [2.75, 3.05) is 31.9 Å². The maximum Gasteiger partial charge on any atom is 0.230 e. The van der Waals surface area contributed by atoms with Gasteiger partial charge in [-0.15, -0.1) is 0 Å². The van der Waals surface area contributed by atoms with E-state index in [4.69, 9.17) is 9.15 Å². The lowest BCUT2D eigenvalue weighted by Gasteiger charge is -2.22. The fourth-order valence-electron chi connectivity index (χ4n) is 3.06. The number of nitrogens with one attached hydrogen (secondary N) is 1. The van der Waals surface area contributed by atoms with Crippen LogP contribution in [-0.2, 0) is 11.5 Å². The molecular weight excluding hydrogens is 375 g/mol. The maximum atomic E-state index is 12.6. The van der Waals surface area contributed by atoms with Crippen molar-refractivity contribution in [3.63, 3.8) is 0 Å². The summed E-state index contributed by atoms with van der Waals surface area (Å²) in [7, 11) is 0. The number of thioether (sulfide) groups is 1. The van der Waals surface area contributed by atoms with Crippen molar-refractivity contribution in [3.8, 4) is 0 Å². The molecule has 1 N–H and O–H groups in total. The summed E-state index contributed by atoms with van der Waals surface area (Å²) in [6.45, 7) is 7.21. The summed E-state index contributed by atoms with van der Waals surface area (Å²) >= 11 is 1.44. The van der Waals surface area contributed by atoms with Crippen molar-refractivity contribution in [1.29, 1.82) is 0 Å². The Morgan fingerprint density at radius 2 is 2.00 bits per heavy atom. The van der Waals surface area contributed by atoms with Crippen LogP contribution in [-0.4, -0.2) is 53.8 Å². The maximum absolute atomic E-state index is 12.6. The molecule has 0 bridgehead atoms. The molecule has 152 valence electrons. The number of likely N-dealkylation sites (N-methyl/N-ethyl adjacent to an activating group) is 1. The minimum absolute atomic E-state index is 0.0390. The second-order valence-corrected chi connectivity index (χ2v) is 7.09. The molecule has 1 atom stereocenters. The van der Waals surface area contributed by atoms with E-state index in [-0.39, 0.29) is 5.91 Å². The SMILES string of the molecule is CCN=C(SCC(=O)NCC1CCCN1CC)c1ccc(CF)cc1.FF. The van der Waals surface area contributed by atoms with E-state index in [1.54, 1.807) is 12.1 Å². The molecule has 0 radical (unpaired) electrons. The van der Waals surface area contributed by atoms with Crippen LogP contribution in [0.5, 0.6) is 0 Å². The quantitative estimate of drug-likeness (QED) is 0.525. The highest BCUT2D eigenvalue weighted by Crippen LogP contribution is 2.17. The number of nitrogens with zero attached hydrogens (tertiary/aromatic N) is 2. The fraction of sp³-hybridized carbons (Fsp3) is 0.579. The van der Waals surface area contributed by atoms with Crippen LogP contribution < -0.4 is 5.32 Å². The fourth-order valence-corrected chi connectivity index (χ4v) is 3.95. The second kappa shape index (κ2) is 13.6. The number of carbonyl (C=O) groups excluding carboxylic acids is 1. The largest absolute Gasteiger partial charge is 0.354 e. The molecule has 1 amide bonds. The van der Waals surface area contributed by atoms with Crippen molar-refractivity contribution in [1.82, 2.24) is 10.2 Å². The van der Waals surface area contributed by atoms with Gasteiger partial charge in [-0.25, -0.2) is 4.39 Å². The molecule has 1 aliphatic rings. The van der Waals surface area contributed by atoms with Crippen LogP contribution in [0.1, 0.15) is 37.8 Å². The average Bonchev–Trinajstić information content (AvgIpc) is 3.18. The highest BCUT2D eigenvalue weighted by Gasteiger charge is 2.23. The third-order valence-corrected chi connectivity index (χ3v) is 5.48. The second-order valence-electron chi connectivity index (χ2n) is 6.13. The minimum Gasteiger partial charge on any atom is -0.354 e. The lowest BCUT2D eigenvalue weighted by Crippen LogP contribution is -2.40. The van der Waals surface area contributed by atoms with Crippen molar-refractivity contribution in [3.05, 3.63) is 35.4 Å². The molecule has 1 aliphatic heterocycles. The van der Waals surface area contributed by atoms with Gasteiger partial charge in [0.2, 0.25) is 5.91 Å². The monoisotopic (exact) mass is 403 g/mol. The first kappa shape index (κ1) is 23.5. The van der Waals surface area contributed by atoms with Crippen LogP contribution in [0.25, 0.3) is 0 Å². The Morgan fingerprint density at radius 1 is 1.30 bits per heavy atom. The first-order valence-corrected chi connectivity index (χ1v) is 10.1. The van der Waals surface area contributed by atoms with Gasteiger partial charge in [0.25, 0.3) is 0 Å². The zero-order valence-electron chi connectivity index (χ0n) is 15.9. The van der Waals surface area contributed by atoms with E-state index >= 15 is 0 Å². The van der Waals surface area contributed by atoms with Gasteiger partial charge in [0, 0.05) is 33.8 Å². The molecule has 1 unspecified atom stereocenters. The molecule has 1 saturated heterocycles. The van der Waals surface area contributed by atoms with E-state index < -0.39 is 6.67 Å². The highest BCUT2D eigenvalue weighted by molar-refractivity contribution is 8.14. The third-order valence-electron chi connectivity index (χ3n) is 4.44. The Hall–Kier alpha value is -1.54. The number of aliphatic imine (C=N–C) groups is 1. The predicted molar refractivity (Wildman–Crippen MR) is 106 cm³/mol. The van der Waals surface area contributed by atoms with Crippen LogP contribution in [0.3, 0.4) is 0 Å². The molecule has 0 aliphatic carbocycles. The smallest absolute Gasteiger partial charge is 0.230 e. The average molecular weight is 404 g/mol. The Kier molecular flexibility index (Phi) is 11.8. The van der Waals surface area contributed by atoms with Crippen molar-refractivity contribution >= 4 is 22.7 Å². The van der Waals surface area contributed by atoms with E-state index in [0.717, 1.165) is 36.7 Å². The first-order valence-electron chi connectivity index (χ1n) is 9.15. The van der Waals surface area contributed by atoms with Crippen molar-refractivity contribution in [2.24, 2.45) is 4.99 Å². The van der Waals surface area contributed by atoms with Crippen molar-refractivity contribution in [2.45, 2.75) is 39.4 Å². The van der Waals surface area contributed by atoms with E-state index in [2.05, 4.69) is 22.1 Å². The molecule has 0 spiro atoms.